The molecule has 2 rings (SSSR count). The third-order valence-corrected chi connectivity index (χ3v) is 4.85. The van der Waals surface area contributed by atoms with Gasteiger partial charge in [-0.25, -0.2) is 0 Å². The van der Waals surface area contributed by atoms with E-state index < -0.39 is 0 Å². The van der Waals surface area contributed by atoms with E-state index in [1.165, 1.54) is 0 Å². The first-order chi connectivity index (χ1) is 8.95. The van der Waals surface area contributed by atoms with Crippen molar-refractivity contribution >= 4 is 39.1 Å². The number of benzene rings is 1. The zero-order valence-corrected chi connectivity index (χ0v) is 13.4. The lowest BCUT2D eigenvalue weighted by Crippen LogP contribution is -2.42. The van der Waals surface area contributed by atoms with Gasteiger partial charge in [0, 0.05) is 16.0 Å². The highest BCUT2D eigenvalue weighted by Gasteiger charge is 2.43. The molecule has 19 heavy (non-hydrogen) atoms. The average Bonchev–Trinajstić information content (AvgIpc) is 2.84. The molecule has 0 bridgehead atoms. The molecule has 2 N–H and O–H groups in total. The van der Waals surface area contributed by atoms with Crippen LogP contribution >= 0.6 is 27.5 Å². The van der Waals surface area contributed by atoms with Crippen LogP contribution in [-0.2, 0) is 4.79 Å². The molecule has 1 atom stereocenters. The summed E-state index contributed by atoms with van der Waals surface area (Å²) in [5.41, 5.74) is 0.395. The van der Waals surface area contributed by atoms with Crippen molar-refractivity contribution in [2.45, 2.75) is 20.3 Å². The lowest BCUT2D eigenvalue weighted by Gasteiger charge is -2.31. The number of hydrogen-bond donors (Lipinski definition) is 2. The van der Waals surface area contributed by atoms with Crippen LogP contribution in [0.1, 0.15) is 20.3 Å². The lowest BCUT2D eigenvalue weighted by atomic mass is 9.75. The highest BCUT2D eigenvalue weighted by atomic mass is 79.9. The Bertz CT molecular complexity index is 484. The minimum atomic E-state index is -0.332. The minimum Gasteiger partial charge on any atom is -0.324 e. The van der Waals surface area contributed by atoms with Crippen LogP contribution in [0.15, 0.2) is 22.7 Å². The molecule has 3 nitrogen and oxygen atoms in total. The number of nitrogens with one attached hydrogen (secondary N) is 2. The molecule has 0 saturated carbocycles. The van der Waals surface area contributed by atoms with Crippen LogP contribution < -0.4 is 10.6 Å². The van der Waals surface area contributed by atoms with Crippen LogP contribution in [-0.4, -0.2) is 19.0 Å². The first-order valence-corrected chi connectivity index (χ1v) is 7.60. The molecule has 1 amide bonds. The summed E-state index contributed by atoms with van der Waals surface area (Å²) in [5.74, 6) is 0.357. The normalized spacial score (nSPS) is 22.8. The van der Waals surface area contributed by atoms with E-state index in [9.17, 15) is 4.79 Å². The molecule has 1 saturated heterocycles. The predicted molar refractivity (Wildman–Crippen MR) is 82.5 cm³/mol. The molecule has 1 unspecified atom stereocenters. The molecule has 0 aliphatic carbocycles. The van der Waals surface area contributed by atoms with Crippen LogP contribution in [0.5, 0.6) is 0 Å². The van der Waals surface area contributed by atoms with Crippen LogP contribution in [0.25, 0.3) is 0 Å². The van der Waals surface area contributed by atoms with Crippen molar-refractivity contribution in [3.63, 3.8) is 0 Å². The SMILES string of the molecule is CC(C)C1(C(=O)Nc2cc(Cl)ccc2Br)CCNC1. The molecular weight excluding hydrogens is 328 g/mol. The van der Waals surface area contributed by atoms with Gasteiger partial charge in [-0.15, -0.1) is 0 Å². The van der Waals surface area contributed by atoms with Crippen LogP contribution in [0.4, 0.5) is 5.69 Å². The summed E-state index contributed by atoms with van der Waals surface area (Å²) < 4.78 is 0.843. The maximum absolute atomic E-state index is 12.6. The molecule has 5 heteroatoms. The molecule has 0 radical (unpaired) electrons. The van der Waals surface area contributed by atoms with Crippen molar-refractivity contribution < 1.29 is 4.79 Å². The van der Waals surface area contributed by atoms with Gasteiger partial charge in [0.25, 0.3) is 0 Å². The van der Waals surface area contributed by atoms with Gasteiger partial charge in [-0.05, 0) is 53.0 Å². The number of rotatable bonds is 3. The van der Waals surface area contributed by atoms with Crippen molar-refractivity contribution in [2.24, 2.45) is 11.3 Å². The number of carbonyl (C=O) groups is 1. The number of carbonyl (C=O) groups excluding carboxylic acids is 1. The summed E-state index contributed by atoms with van der Waals surface area (Å²) in [6.45, 7) is 5.82. The average molecular weight is 346 g/mol. The Balaban J connectivity index is 2.22. The van der Waals surface area contributed by atoms with Gasteiger partial charge in [-0.1, -0.05) is 25.4 Å². The number of amides is 1. The molecule has 0 aromatic heterocycles. The van der Waals surface area contributed by atoms with Crippen molar-refractivity contribution in [3.8, 4) is 0 Å². The van der Waals surface area contributed by atoms with E-state index in [0.29, 0.717) is 10.9 Å². The fourth-order valence-electron chi connectivity index (χ4n) is 2.50. The third kappa shape index (κ3) is 2.96. The second-order valence-corrected chi connectivity index (χ2v) is 6.61. The summed E-state index contributed by atoms with van der Waals surface area (Å²) in [4.78, 5) is 12.6. The molecule has 1 aliphatic heterocycles. The van der Waals surface area contributed by atoms with Gasteiger partial charge in [-0.3, -0.25) is 4.79 Å². The molecule has 1 heterocycles. The van der Waals surface area contributed by atoms with Crippen LogP contribution in [0.3, 0.4) is 0 Å². The Morgan fingerprint density at radius 1 is 1.53 bits per heavy atom. The van der Waals surface area contributed by atoms with E-state index in [-0.39, 0.29) is 11.3 Å². The molecule has 104 valence electrons. The smallest absolute Gasteiger partial charge is 0.232 e. The van der Waals surface area contributed by atoms with E-state index in [1.807, 2.05) is 6.07 Å². The quantitative estimate of drug-likeness (QED) is 0.877. The van der Waals surface area contributed by atoms with Gasteiger partial charge in [0.15, 0.2) is 0 Å². The predicted octanol–water partition coefficient (Wildman–Crippen LogP) is 3.68. The fraction of sp³-hybridized carbons (Fsp3) is 0.500. The van der Waals surface area contributed by atoms with Gasteiger partial charge in [0.2, 0.25) is 5.91 Å². The Morgan fingerprint density at radius 3 is 2.84 bits per heavy atom. The van der Waals surface area contributed by atoms with Crippen LogP contribution in [0.2, 0.25) is 5.02 Å². The molecule has 1 aromatic rings. The molecule has 1 aliphatic rings. The lowest BCUT2D eigenvalue weighted by molar-refractivity contribution is -0.126. The van der Waals surface area contributed by atoms with E-state index in [1.54, 1.807) is 12.1 Å². The van der Waals surface area contributed by atoms with Crippen LogP contribution in [0, 0.1) is 11.3 Å². The first kappa shape index (κ1) is 14.8. The maximum atomic E-state index is 12.6. The van der Waals surface area contributed by atoms with Crippen molar-refractivity contribution in [1.82, 2.24) is 5.32 Å². The zero-order valence-electron chi connectivity index (χ0n) is 11.1. The molecular formula is C14H18BrClN2O. The Kier molecular flexibility index (Phi) is 4.54. The van der Waals surface area contributed by atoms with Crippen molar-refractivity contribution in [1.29, 1.82) is 0 Å². The third-order valence-electron chi connectivity index (χ3n) is 3.92. The topological polar surface area (TPSA) is 41.1 Å². The van der Waals surface area contributed by atoms with E-state index in [0.717, 1.165) is 29.7 Å². The zero-order chi connectivity index (χ0) is 14.0. The standard InChI is InChI=1S/C14H18BrClN2O/c1-9(2)14(5-6-17-8-14)13(19)18-12-7-10(16)3-4-11(12)15/h3-4,7,9,17H,5-6,8H2,1-2H3,(H,18,19). The van der Waals surface area contributed by atoms with Gasteiger partial charge in [0.05, 0.1) is 11.1 Å². The largest absolute Gasteiger partial charge is 0.324 e. The van der Waals surface area contributed by atoms with Gasteiger partial charge in [0.1, 0.15) is 0 Å². The van der Waals surface area contributed by atoms with E-state index in [4.69, 9.17) is 11.6 Å². The summed E-state index contributed by atoms with van der Waals surface area (Å²) in [7, 11) is 0. The molecule has 1 fully saturated rings. The number of halogens is 2. The first-order valence-electron chi connectivity index (χ1n) is 6.43. The summed E-state index contributed by atoms with van der Waals surface area (Å²) in [5, 5.41) is 6.91. The summed E-state index contributed by atoms with van der Waals surface area (Å²) in [6.07, 6.45) is 0.870. The van der Waals surface area contributed by atoms with Gasteiger partial charge < -0.3 is 10.6 Å². The Hall–Kier alpha value is -0.580. The van der Waals surface area contributed by atoms with Gasteiger partial charge >= 0.3 is 0 Å². The Morgan fingerprint density at radius 2 is 2.26 bits per heavy atom. The number of hydrogen-bond acceptors (Lipinski definition) is 2. The molecule has 1 aromatic carbocycles. The highest BCUT2D eigenvalue weighted by Crippen LogP contribution is 2.36. The highest BCUT2D eigenvalue weighted by molar-refractivity contribution is 9.10. The second-order valence-electron chi connectivity index (χ2n) is 5.32. The van der Waals surface area contributed by atoms with Gasteiger partial charge in [-0.2, -0.15) is 0 Å². The summed E-state index contributed by atoms with van der Waals surface area (Å²) >= 11 is 9.41. The second kappa shape index (κ2) is 5.81. The Labute approximate surface area is 127 Å². The molecule has 0 spiro atoms. The van der Waals surface area contributed by atoms with Crippen molar-refractivity contribution in [2.75, 3.05) is 18.4 Å². The van der Waals surface area contributed by atoms with E-state index >= 15 is 0 Å². The monoisotopic (exact) mass is 344 g/mol. The minimum absolute atomic E-state index is 0.0652. The van der Waals surface area contributed by atoms with Crippen molar-refractivity contribution in [3.05, 3.63) is 27.7 Å². The fourth-order valence-corrected chi connectivity index (χ4v) is 3.02. The number of anilines is 1. The van der Waals surface area contributed by atoms with E-state index in [2.05, 4.69) is 40.4 Å². The summed E-state index contributed by atoms with van der Waals surface area (Å²) in [6, 6.07) is 5.39. The maximum Gasteiger partial charge on any atom is 0.232 e.